The molecule has 0 spiro atoms. The molecule has 16 heavy (non-hydrogen) atoms. The van der Waals surface area contributed by atoms with Gasteiger partial charge in [0.25, 0.3) is 0 Å². The molecule has 0 aliphatic carbocycles. The highest BCUT2D eigenvalue weighted by Crippen LogP contribution is 2.29. The van der Waals surface area contributed by atoms with Gasteiger partial charge in [-0.05, 0) is 26.3 Å². The minimum atomic E-state index is -3.04. The van der Waals surface area contributed by atoms with E-state index in [0.29, 0.717) is 11.0 Å². The number of aromatic nitrogens is 1. The van der Waals surface area contributed by atoms with Crippen molar-refractivity contribution < 1.29 is 8.42 Å². The third-order valence-corrected chi connectivity index (χ3v) is 5.65. The van der Waals surface area contributed by atoms with E-state index in [1.54, 1.807) is 6.92 Å². The Labute approximate surface area is 100 Å². The summed E-state index contributed by atoms with van der Waals surface area (Å²) in [6.45, 7) is 2.72. The van der Waals surface area contributed by atoms with Gasteiger partial charge >= 0.3 is 0 Å². The molecule has 2 heterocycles. The van der Waals surface area contributed by atoms with Crippen LogP contribution in [0.1, 0.15) is 41.8 Å². The monoisotopic (exact) mass is 260 g/mol. The van der Waals surface area contributed by atoms with Crippen molar-refractivity contribution in [3.05, 3.63) is 16.1 Å². The van der Waals surface area contributed by atoms with Gasteiger partial charge < -0.3 is 5.32 Å². The number of thiazole rings is 1. The van der Waals surface area contributed by atoms with Gasteiger partial charge in [0.2, 0.25) is 0 Å². The highest BCUT2D eigenvalue weighted by Gasteiger charge is 2.24. The lowest BCUT2D eigenvalue weighted by Gasteiger charge is -2.07. The zero-order valence-electron chi connectivity index (χ0n) is 9.43. The molecular formula is C10H16N2O2S2. The predicted molar refractivity (Wildman–Crippen MR) is 65.4 cm³/mol. The molecule has 1 aliphatic rings. The van der Waals surface area contributed by atoms with E-state index in [1.807, 2.05) is 5.38 Å². The van der Waals surface area contributed by atoms with Gasteiger partial charge in [-0.2, -0.15) is 0 Å². The zero-order chi connectivity index (χ0) is 11.8. The van der Waals surface area contributed by atoms with Crippen molar-refractivity contribution in [1.82, 2.24) is 10.3 Å². The Bertz CT molecular complexity index is 461. The lowest BCUT2D eigenvalue weighted by molar-refractivity contribution is 0.590. The first-order valence-electron chi connectivity index (χ1n) is 5.36. The fourth-order valence-electron chi connectivity index (χ4n) is 1.77. The van der Waals surface area contributed by atoms with Crippen LogP contribution in [0.2, 0.25) is 0 Å². The third-order valence-electron chi connectivity index (χ3n) is 2.95. The zero-order valence-corrected chi connectivity index (χ0v) is 11.1. The molecule has 1 aromatic rings. The van der Waals surface area contributed by atoms with Crippen LogP contribution >= 0.6 is 11.3 Å². The molecule has 1 aliphatic heterocycles. The quantitative estimate of drug-likeness (QED) is 0.898. The van der Waals surface area contributed by atoms with E-state index in [9.17, 15) is 8.42 Å². The molecule has 0 amide bonds. The summed E-state index contributed by atoms with van der Waals surface area (Å²) in [6, 6.07) is 0.316. The highest BCUT2D eigenvalue weighted by atomic mass is 32.2. The van der Waals surface area contributed by atoms with Gasteiger partial charge in [-0.25, -0.2) is 13.4 Å². The molecule has 0 radical (unpaired) electrons. The molecule has 1 saturated heterocycles. The van der Waals surface area contributed by atoms with Gasteiger partial charge in [0, 0.05) is 11.6 Å². The largest absolute Gasteiger partial charge is 0.309 e. The Morgan fingerprint density at radius 1 is 1.62 bits per heavy atom. The SMILES string of the molecule is CC(c1nc([C@@H]2CCCN2)cs1)S(C)(=O)=O. The van der Waals surface area contributed by atoms with Gasteiger partial charge in [0.15, 0.2) is 9.84 Å². The number of nitrogens with one attached hydrogen (secondary N) is 1. The van der Waals surface area contributed by atoms with Crippen molar-refractivity contribution in [1.29, 1.82) is 0 Å². The van der Waals surface area contributed by atoms with Crippen LogP contribution in [0.5, 0.6) is 0 Å². The summed E-state index contributed by atoms with van der Waals surface area (Å²) in [5, 5.41) is 5.54. The van der Waals surface area contributed by atoms with Crippen LogP contribution in [-0.2, 0) is 9.84 Å². The molecular weight excluding hydrogens is 244 g/mol. The molecule has 1 unspecified atom stereocenters. The van der Waals surface area contributed by atoms with Crippen LogP contribution in [0.4, 0.5) is 0 Å². The molecule has 1 fully saturated rings. The van der Waals surface area contributed by atoms with Crippen LogP contribution in [0.15, 0.2) is 5.38 Å². The molecule has 0 saturated carbocycles. The van der Waals surface area contributed by atoms with Gasteiger partial charge in [-0.15, -0.1) is 11.3 Å². The first-order valence-corrected chi connectivity index (χ1v) is 8.19. The average Bonchev–Trinajstić information content (AvgIpc) is 2.85. The number of nitrogens with zero attached hydrogens (tertiary/aromatic N) is 1. The second-order valence-corrected chi connectivity index (χ2v) is 7.49. The maximum atomic E-state index is 11.4. The van der Waals surface area contributed by atoms with E-state index in [2.05, 4.69) is 10.3 Å². The maximum absolute atomic E-state index is 11.4. The number of hydrogen-bond acceptors (Lipinski definition) is 5. The molecule has 2 atom stereocenters. The standard InChI is InChI=1S/C10H16N2O2S2/c1-7(16(2,13)14)10-12-9(6-15-10)8-4-3-5-11-8/h6-8,11H,3-5H2,1-2H3/t7?,8-/m0/s1. The molecule has 4 nitrogen and oxygen atoms in total. The van der Waals surface area contributed by atoms with Crippen molar-refractivity contribution in [2.24, 2.45) is 0 Å². The summed E-state index contributed by atoms with van der Waals surface area (Å²) in [5.74, 6) is 0. The first kappa shape index (κ1) is 12.0. The van der Waals surface area contributed by atoms with Crippen LogP contribution in [0, 0.1) is 0 Å². The fraction of sp³-hybridized carbons (Fsp3) is 0.700. The lowest BCUT2D eigenvalue weighted by atomic mass is 10.2. The Hall–Kier alpha value is -0.460. The van der Waals surface area contributed by atoms with E-state index < -0.39 is 15.1 Å². The van der Waals surface area contributed by atoms with Crippen molar-refractivity contribution >= 4 is 21.2 Å². The molecule has 2 rings (SSSR count). The lowest BCUT2D eigenvalue weighted by Crippen LogP contribution is -2.13. The van der Waals surface area contributed by atoms with Crippen LogP contribution in [-0.4, -0.2) is 26.2 Å². The van der Waals surface area contributed by atoms with Crippen molar-refractivity contribution in [2.75, 3.05) is 12.8 Å². The number of hydrogen-bond donors (Lipinski definition) is 1. The van der Waals surface area contributed by atoms with E-state index >= 15 is 0 Å². The second-order valence-electron chi connectivity index (χ2n) is 4.23. The van der Waals surface area contributed by atoms with Gasteiger partial charge in [0.1, 0.15) is 10.3 Å². The molecule has 0 aromatic carbocycles. The van der Waals surface area contributed by atoms with Gasteiger partial charge in [-0.1, -0.05) is 0 Å². The number of rotatable bonds is 3. The van der Waals surface area contributed by atoms with E-state index in [4.69, 9.17) is 0 Å². The summed E-state index contributed by atoms with van der Waals surface area (Å²) in [6.07, 6.45) is 3.52. The molecule has 0 bridgehead atoms. The maximum Gasteiger partial charge on any atom is 0.156 e. The minimum absolute atomic E-state index is 0.316. The van der Waals surface area contributed by atoms with Crippen LogP contribution in [0.25, 0.3) is 0 Å². The summed E-state index contributed by atoms with van der Waals surface area (Å²) < 4.78 is 22.8. The van der Waals surface area contributed by atoms with Gasteiger partial charge in [0.05, 0.1) is 11.7 Å². The first-order chi connectivity index (χ1) is 7.48. The Kier molecular flexibility index (Phi) is 3.32. The fourth-order valence-corrected chi connectivity index (χ4v) is 3.69. The van der Waals surface area contributed by atoms with E-state index in [0.717, 1.165) is 18.7 Å². The summed E-state index contributed by atoms with van der Waals surface area (Å²) in [4.78, 5) is 4.44. The highest BCUT2D eigenvalue weighted by molar-refractivity contribution is 7.91. The minimum Gasteiger partial charge on any atom is -0.309 e. The Morgan fingerprint density at radius 3 is 2.94 bits per heavy atom. The Morgan fingerprint density at radius 2 is 2.38 bits per heavy atom. The van der Waals surface area contributed by atoms with E-state index in [1.165, 1.54) is 24.0 Å². The Balaban J connectivity index is 2.19. The van der Waals surface area contributed by atoms with E-state index in [-0.39, 0.29) is 0 Å². The molecule has 90 valence electrons. The summed E-state index contributed by atoms with van der Waals surface area (Å²) >= 11 is 1.44. The normalized spacial score (nSPS) is 23.5. The molecule has 1 aromatic heterocycles. The van der Waals surface area contributed by atoms with Crippen LogP contribution in [0.3, 0.4) is 0 Å². The molecule has 6 heteroatoms. The summed E-state index contributed by atoms with van der Waals surface area (Å²) in [5.41, 5.74) is 0.994. The molecule has 1 N–H and O–H groups in total. The average molecular weight is 260 g/mol. The van der Waals surface area contributed by atoms with Crippen molar-refractivity contribution in [3.63, 3.8) is 0 Å². The number of sulfone groups is 1. The van der Waals surface area contributed by atoms with Crippen molar-refractivity contribution in [2.45, 2.75) is 31.1 Å². The van der Waals surface area contributed by atoms with Crippen LogP contribution < -0.4 is 5.32 Å². The predicted octanol–water partition coefficient (Wildman–Crippen LogP) is 1.67. The third kappa shape index (κ3) is 2.44. The summed E-state index contributed by atoms with van der Waals surface area (Å²) in [7, 11) is -3.04. The van der Waals surface area contributed by atoms with Crippen molar-refractivity contribution in [3.8, 4) is 0 Å². The second kappa shape index (κ2) is 4.43. The topological polar surface area (TPSA) is 59.1 Å². The van der Waals surface area contributed by atoms with Gasteiger partial charge in [-0.3, -0.25) is 0 Å². The smallest absolute Gasteiger partial charge is 0.156 e.